The van der Waals surface area contributed by atoms with Crippen molar-refractivity contribution >= 4 is 0 Å². The Morgan fingerprint density at radius 2 is 2.12 bits per heavy atom. The molecule has 1 unspecified atom stereocenters. The summed E-state index contributed by atoms with van der Waals surface area (Å²) in [5.74, 6) is 1.60. The molecule has 0 aromatic heterocycles. The highest BCUT2D eigenvalue weighted by atomic mass is 14.3. The lowest BCUT2D eigenvalue weighted by Gasteiger charge is -2.26. The molecule has 1 saturated carbocycles. The number of allylic oxidation sites excluding steroid dienone is 4. The van der Waals surface area contributed by atoms with Crippen molar-refractivity contribution in [3.05, 3.63) is 22.8 Å². The van der Waals surface area contributed by atoms with Gasteiger partial charge in [0.05, 0.1) is 0 Å². The average molecular weight is 218 g/mol. The van der Waals surface area contributed by atoms with E-state index in [-0.39, 0.29) is 0 Å². The lowest BCUT2D eigenvalue weighted by molar-refractivity contribution is 0.476. The Balaban J connectivity index is 2.17. The molecule has 2 aliphatic rings. The first-order valence-electron chi connectivity index (χ1n) is 7.17. The molecule has 0 aromatic carbocycles. The van der Waals surface area contributed by atoms with Crippen LogP contribution in [-0.2, 0) is 0 Å². The van der Waals surface area contributed by atoms with E-state index in [2.05, 4.69) is 26.8 Å². The fourth-order valence-electron chi connectivity index (χ4n) is 3.33. The van der Waals surface area contributed by atoms with Gasteiger partial charge in [0, 0.05) is 5.92 Å². The second-order valence-electron chi connectivity index (χ2n) is 5.75. The number of hydrogen-bond acceptors (Lipinski definition) is 0. The number of fused-ring (bicyclic) bond motifs is 1. The molecule has 0 bridgehead atoms. The van der Waals surface area contributed by atoms with Gasteiger partial charge in [-0.15, -0.1) is 0 Å². The average Bonchev–Trinajstić information content (AvgIpc) is 2.65. The molecule has 0 spiro atoms. The standard InChI is InChI=1S/C16H26/c1-4-5-8-13-11-16(12(2)3)15-10-7-6-9-14(13)15/h11-12,15H,4-10H2,1-3H3. The van der Waals surface area contributed by atoms with E-state index < -0.39 is 0 Å². The molecule has 2 rings (SSSR count). The molecule has 90 valence electrons. The van der Waals surface area contributed by atoms with Gasteiger partial charge in [-0.05, 0) is 43.6 Å². The van der Waals surface area contributed by atoms with E-state index in [1.807, 2.05) is 5.57 Å². The summed E-state index contributed by atoms with van der Waals surface area (Å²) in [6.07, 6.45) is 12.3. The first-order valence-corrected chi connectivity index (χ1v) is 7.17. The van der Waals surface area contributed by atoms with E-state index in [0.717, 1.165) is 11.8 Å². The monoisotopic (exact) mass is 218 g/mol. The third kappa shape index (κ3) is 2.26. The summed E-state index contributed by atoms with van der Waals surface area (Å²) >= 11 is 0. The molecule has 1 fully saturated rings. The summed E-state index contributed by atoms with van der Waals surface area (Å²) in [4.78, 5) is 0. The summed E-state index contributed by atoms with van der Waals surface area (Å²) in [6, 6.07) is 0. The van der Waals surface area contributed by atoms with E-state index in [4.69, 9.17) is 0 Å². The maximum atomic E-state index is 2.56. The third-order valence-corrected chi connectivity index (χ3v) is 4.23. The van der Waals surface area contributed by atoms with E-state index in [1.165, 1.54) is 44.9 Å². The summed E-state index contributed by atoms with van der Waals surface area (Å²) < 4.78 is 0. The van der Waals surface area contributed by atoms with Crippen LogP contribution in [0.3, 0.4) is 0 Å². The van der Waals surface area contributed by atoms with E-state index in [9.17, 15) is 0 Å². The fraction of sp³-hybridized carbons (Fsp3) is 0.750. The van der Waals surface area contributed by atoms with Crippen molar-refractivity contribution in [1.82, 2.24) is 0 Å². The van der Waals surface area contributed by atoms with E-state index >= 15 is 0 Å². The summed E-state index contributed by atoms with van der Waals surface area (Å²) in [5, 5.41) is 0. The van der Waals surface area contributed by atoms with Gasteiger partial charge in [-0.3, -0.25) is 0 Å². The molecule has 0 heteroatoms. The van der Waals surface area contributed by atoms with Gasteiger partial charge in [-0.1, -0.05) is 50.8 Å². The van der Waals surface area contributed by atoms with Crippen LogP contribution in [0.4, 0.5) is 0 Å². The molecule has 1 atom stereocenters. The minimum absolute atomic E-state index is 0.747. The van der Waals surface area contributed by atoms with E-state index in [1.54, 1.807) is 11.1 Å². The molecule has 0 aliphatic heterocycles. The zero-order valence-electron chi connectivity index (χ0n) is 11.2. The van der Waals surface area contributed by atoms with Crippen molar-refractivity contribution in [2.45, 2.75) is 65.7 Å². The highest BCUT2D eigenvalue weighted by Gasteiger charge is 2.30. The minimum atomic E-state index is 0.747. The summed E-state index contributed by atoms with van der Waals surface area (Å²) in [5.41, 5.74) is 5.28. The third-order valence-electron chi connectivity index (χ3n) is 4.23. The Morgan fingerprint density at radius 3 is 2.81 bits per heavy atom. The van der Waals surface area contributed by atoms with Crippen LogP contribution in [0.25, 0.3) is 0 Å². The van der Waals surface area contributed by atoms with Crippen molar-refractivity contribution in [1.29, 1.82) is 0 Å². The molecule has 0 N–H and O–H groups in total. The highest BCUT2D eigenvalue weighted by molar-refractivity contribution is 5.43. The molecule has 16 heavy (non-hydrogen) atoms. The summed E-state index contributed by atoms with van der Waals surface area (Å²) in [7, 11) is 0. The fourth-order valence-corrected chi connectivity index (χ4v) is 3.33. The van der Waals surface area contributed by atoms with Crippen LogP contribution in [0.15, 0.2) is 22.8 Å². The molecule has 0 radical (unpaired) electrons. The van der Waals surface area contributed by atoms with Crippen LogP contribution in [0, 0.1) is 11.8 Å². The zero-order chi connectivity index (χ0) is 11.5. The molecular formula is C16H26. The molecule has 0 nitrogen and oxygen atoms in total. The Hall–Kier alpha value is -0.520. The van der Waals surface area contributed by atoms with Gasteiger partial charge in [0.2, 0.25) is 0 Å². The molecular weight excluding hydrogens is 192 g/mol. The van der Waals surface area contributed by atoms with Gasteiger partial charge in [0.25, 0.3) is 0 Å². The van der Waals surface area contributed by atoms with Gasteiger partial charge in [-0.25, -0.2) is 0 Å². The maximum Gasteiger partial charge on any atom is 0.00185 e. The predicted octanol–water partition coefficient (Wildman–Crippen LogP) is 5.26. The van der Waals surface area contributed by atoms with Crippen LogP contribution in [0.1, 0.15) is 65.7 Å². The van der Waals surface area contributed by atoms with Crippen LogP contribution < -0.4 is 0 Å². The van der Waals surface area contributed by atoms with Gasteiger partial charge in [0.1, 0.15) is 0 Å². The minimum Gasteiger partial charge on any atom is -0.0654 e. The van der Waals surface area contributed by atoms with Crippen molar-refractivity contribution in [3.63, 3.8) is 0 Å². The van der Waals surface area contributed by atoms with Crippen LogP contribution >= 0.6 is 0 Å². The molecule has 0 heterocycles. The van der Waals surface area contributed by atoms with Crippen molar-refractivity contribution < 1.29 is 0 Å². The predicted molar refractivity (Wildman–Crippen MR) is 71.4 cm³/mol. The first-order chi connectivity index (χ1) is 7.74. The smallest absolute Gasteiger partial charge is 0.00185 e. The van der Waals surface area contributed by atoms with Crippen molar-refractivity contribution in [2.24, 2.45) is 11.8 Å². The van der Waals surface area contributed by atoms with Gasteiger partial charge < -0.3 is 0 Å². The quantitative estimate of drug-likeness (QED) is 0.604. The largest absolute Gasteiger partial charge is 0.0654 e. The van der Waals surface area contributed by atoms with Crippen molar-refractivity contribution in [2.75, 3.05) is 0 Å². The lowest BCUT2D eigenvalue weighted by Crippen LogP contribution is -2.13. The van der Waals surface area contributed by atoms with Crippen LogP contribution in [0.5, 0.6) is 0 Å². The Morgan fingerprint density at radius 1 is 1.31 bits per heavy atom. The first kappa shape index (κ1) is 12.0. The van der Waals surface area contributed by atoms with Crippen molar-refractivity contribution in [3.8, 4) is 0 Å². The molecule has 0 saturated heterocycles. The summed E-state index contributed by atoms with van der Waals surface area (Å²) in [6.45, 7) is 7.02. The second kappa shape index (κ2) is 5.21. The molecule has 0 aromatic rings. The van der Waals surface area contributed by atoms with Crippen LogP contribution in [0.2, 0.25) is 0 Å². The van der Waals surface area contributed by atoms with Gasteiger partial charge in [-0.2, -0.15) is 0 Å². The Labute approximate surface area is 101 Å². The molecule has 0 amide bonds. The zero-order valence-corrected chi connectivity index (χ0v) is 11.2. The normalized spacial score (nSPS) is 25.0. The molecule has 2 aliphatic carbocycles. The number of rotatable bonds is 4. The van der Waals surface area contributed by atoms with Gasteiger partial charge in [0.15, 0.2) is 0 Å². The second-order valence-corrected chi connectivity index (χ2v) is 5.75. The number of unbranched alkanes of at least 4 members (excludes halogenated alkanes) is 1. The highest BCUT2D eigenvalue weighted by Crippen LogP contribution is 2.45. The Kier molecular flexibility index (Phi) is 3.89. The SMILES string of the molecule is CCCCC1=C2CCCCC2C(C(C)C)=C1. The lowest BCUT2D eigenvalue weighted by atomic mass is 9.79. The maximum absolute atomic E-state index is 2.56. The van der Waals surface area contributed by atoms with Gasteiger partial charge >= 0.3 is 0 Å². The van der Waals surface area contributed by atoms with Crippen LogP contribution in [-0.4, -0.2) is 0 Å². The topological polar surface area (TPSA) is 0 Å². The number of hydrogen-bond donors (Lipinski definition) is 0. The Bertz CT molecular complexity index is 304. The van der Waals surface area contributed by atoms with E-state index in [0.29, 0.717) is 0 Å².